The minimum absolute atomic E-state index is 0.111. The van der Waals surface area contributed by atoms with Gasteiger partial charge in [0.1, 0.15) is 5.75 Å². The number of anilines is 1. The zero-order valence-electron chi connectivity index (χ0n) is 13.2. The number of nitrogens with zero attached hydrogens (tertiary/aromatic N) is 2. The Morgan fingerprint density at radius 3 is 2.54 bits per heavy atom. The van der Waals surface area contributed by atoms with Crippen molar-refractivity contribution in [2.75, 3.05) is 12.4 Å². The van der Waals surface area contributed by atoms with Crippen molar-refractivity contribution in [3.8, 4) is 17.2 Å². The van der Waals surface area contributed by atoms with Crippen molar-refractivity contribution in [3.63, 3.8) is 0 Å². The van der Waals surface area contributed by atoms with Crippen LogP contribution in [0.4, 0.5) is 5.69 Å². The molecule has 0 aliphatic rings. The summed E-state index contributed by atoms with van der Waals surface area (Å²) in [5.74, 6) is 1.53. The summed E-state index contributed by atoms with van der Waals surface area (Å²) in [6, 6.07) is 16.7. The summed E-state index contributed by atoms with van der Waals surface area (Å²) in [5, 5.41) is 10.8. The van der Waals surface area contributed by atoms with E-state index >= 15 is 0 Å². The van der Waals surface area contributed by atoms with Crippen molar-refractivity contribution in [2.45, 2.75) is 12.8 Å². The number of benzene rings is 2. The van der Waals surface area contributed by atoms with Crippen molar-refractivity contribution in [1.82, 2.24) is 10.2 Å². The van der Waals surface area contributed by atoms with Crippen LogP contribution in [0.1, 0.15) is 12.3 Å². The van der Waals surface area contributed by atoms with Crippen LogP contribution in [0.3, 0.4) is 0 Å². The Kier molecular flexibility index (Phi) is 4.86. The van der Waals surface area contributed by atoms with Gasteiger partial charge in [-0.1, -0.05) is 18.2 Å². The topological polar surface area (TPSA) is 77.2 Å². The second-order valence-corrected chi connectivity index (χ2v) is 5.14. The third-order valence-electron chi connectivity index (χ3n) is 3.43. The molecule has 6 heteroatoms. The maximum Gasteiger partial charge on any atom is 0.247 e. The van der Waals surface area contributed by atoms with Gasteiger partial charge >= 0.3 is 0 Å². The summed E-state index contributed by atoms with van der Waals surface area (Å²) in [4.78, 5) is 12.0. The number of carbonyl (C=O) groups excluding carboxylic acids is 1. The number of nitrogens with one attached hydrogen (secondary N) is 1. The number of hydrogen-bond donors (Lipinski definition) is 1. The molecular formula is C18H17N3O3. The fourth-order valence-corrected chi connectivity index (χ4v) is 2.17. The van der Waals surface area contributed by atoms with E-state index < -0.39 is 0 Å². The molecule has 1 amide bonds. The summed E-state index contributed by atoms with van der Waals surface area (Å²) < 4.78 is 10.7. The molecule has 0 fully saturated rings. The molecule has 0 radical (unpaired) electrons. The maximum atomic E-state index is 12.0. The smallest absolute Gasteiger partial charge is 0.247 e. The standard InChI is InChI=1S/C18H17N3O3/c1-23-15-9-7-14(8-10-15)19-16(22)11-12-17-20-21-18(24-17)13-5-3-2-4-6-13/h2-10H,11-12H2,1H3,(H,19,22). The summed E-state index contributed by atoms with van der Waals surface area (Å²) >= 11 is 0. The van der Waals surface area contributed by atoms with Crippen LogP contribution in [0.5, 0.6) is 5.75 Å². The lowest BCUT2D eigenvalue weighted by molar-refractivity contribution is -0.116. The second-order valence-electron chi connectivity index (χ2n) is 5.14. The highest BCUT2D eigenvalue weighted by atomic mass is 16.5. The van der Waals surface area contributed by atoms with Crippen molar-refractivity contribution in [2.24, 2.45) is 0 Å². The molecule has 1 N–H and O–H groups in total. The molecule has 3 aromatic rings. The van der Waals surface area contributed by atoms with Gasteiger partial charge < -0.3 is 14.5 Å². The monoisotopic (exact) mass is 323 g/mol. The molecule has 1 aromatic heterocycles. The number of carbonyl (C=O) groups is 1. The molecule has 1 heterocycles. The molecule has 24 heavy (non-hydrogen) atoms. The first-order chi connectivity index (χ1) is 11.7. The Morgan fingerprint density at radius 2 is 1.83 bits per heavy atom. The molecule has 2 aromatic carbocycles. The van der Waals surface area contributed by atoms with Crippen molar-refractivity contribution < 1.29 is 13.9 Å². The van der Waals surface area contributed by atoms with Crippen LogP contribution in [0.2, 0.25) is 0 Å². The lowest BCUT2D eigenvalue weighted by Gasteiger charge is -2.05. The Hall–Kier alpha value is -3.15. The average Bonchev–Trinajstić information content (AvgIpc) is 3.10. The predicted molar refractivity (Wildman–Crippen MR) is 89.7 cm³/mol. The maximum absolute atomic E-state index is 12.0. The number of rotatable bonds is 6. The van der Waals surface area contributed by atoms with Gasteiger partial charge in [-0.25, -0.2) is 0 Å². The van der Waals surface area contributed by atoms with E-state index in [1.165, 1.54) is 0 Å². The lowest BCUT2D eigenvalue weighted by atomic mass is 10.2. The highest BCUT2D eigenvalue weighted by molar-refractivity contribution is 5.90. The summed E-state index contributed by atoms with van der Waals surface area (Å²) in [5.41, 5.74) is 1.58. The van der Waals surface area contributed by atoms with Crippen LogP contribution >= 0.6 is 0 Å². The molecule has 0 saturated heterocycles. The van der Waals surface area contributed by atoms with Crippen LogP contribution in [-0.2, 0) is 11.2 Å². The number of aryl methyl sites for hydroxylation is 1. The number of amides is 1. The third kappa shape index (κ3) is 3.98. The van der Waals surface area contributed by atoms with Gasteiger partial charge in [0, 0.05) is 24.1 Å². The molecule has 0 aliphatic heterocycles. The number of aromatic nitrogens is 2. The summed E-state index contributed by atoms with van der Waals surface area (Å²) in [6.45, 7) is 0. The number of hydrogen-bond acceptors (Lipinski definition) is 5. The van der Waals surface area contributed by atoms with Gasteiger partial charge in [-0.3, -0.25) is 4.79 Å². The molecular weight excluding hydrogens is 306 g/mol. The number of methoxy groups -OCH3 is 1. The quantitative estimate of drug-likeness (QED) is 0.753. The van der Waals surface area contributed by atoms with Gasteiger partial charge in [-0.2, -0.15) is 0 Å². The molecule has 0 aliphatic carbocycles. The van der Waals surface area contributed by atoms with E-state index in [0.717, 1.165) is 17.0 Å². The molecule has 0 bridgehead atoms. The van der Waals surface area contributed by atoms with Crippen molar-refractivity contribution >= 4 is 11.6 Å². The van der Waals surface area contributed by atoms with Crippen LogP contribution in [0.15, 0.2) is 59.0 Å². The summed E-state index contributed by atoms with van der Waals surface area (Å²) in [7, 11) is 1.60. The first kappa shape index (κ1) is 15.7. The van der Waals surface area contributed by atoms with E-state index in [9.17, 15) is 4.79 Å². The molecule has 122 valence electrons. The SMILES string of the molecule is COc1ccc(NC(=O)CCc2nnc(-c3ccccc3)o2)cc1. The first-order valence-corrected chi connectivity index (χ1v) is 7.56. The van der Waals surface area contributed by atoms with E-state index in [0.29, 0.717) is 18.2 Å². The van der Waals surface area contributed by atoms with Crippen LogP contribution in [-0.4, -0.2) is 23.2 Å². The minimum Gasteiger partial charge on any atom is -0.497 e. The van der Waals surface area contributed by atoms with Crippen LogP contribution < -0.4 is 10.1 Å². The van der Waals surface area contributed by atoms with E-state index in [1.807, 2.05) is 30.3 Å². The molecule has 0 unspecified atom stereocenters. The highest BCUT2D eigenvalue weighted by Gasteiger charge is 2.10. The zero-order chi connectivity index (χ0) is 16.8. The Balaban J connectivity index is 1.53. The van der Waals surface area contributed by atoms with E-state index in [1.54, 1.807) is 31.4 Å². The summed E-state index contributed by atoms with van der Waals surface area (Å²) in [6.07, 6.45) is 0.657. The van der Waals surface area contributed by atoms with E-state index in [-0.39, 0.29) is 12.3 Å². The highest BCUT2D eigenvalue weighted by Crippen LogP contribution is 2.18. The van der Waals surface area contributed by atoms with Crippen LogP contribution in [0.25, 0.3) is 11.5 Å². The molecule has 6 nitrogen and oxygen atoms in total. The molecule has 0 atom stereocenters. The molecule has 0 spiro atoms. The van der Waals surface area contributed by atoms with Gasteiger partial charge in [-0.05, 0) is 36.4 Å². The first-order valence-electron chi connectivity index (χ1n) is 7.56. The zero-order valence-corrected chi connectivity index (χ0v) is 13.2. The molecule has 3 rings (SSSR count). The molecule has 0 saturated carbocycles. The average molecular weight is 323 g/mol. The van der Waals surface area contributed by atoms with Gasteiger partial charge in [0.25, 0.3) is 0 Å². The fourth-order valence-electron chi connectivity index (χ4n) is 2.17. The van der Waals surface area contributed by atoms with Crippen LogP contribution in [0, 0.1) is 0 Å². The van der Waals surface area contributed by atoms with E-state index in [4.69, 9.17) is 9.15 Å². The van der Waals surface area contributed by atoms with E-state index in [2.05, 4.69) is 15.5 Å². The second kappa shape index (κ2) is 7.41. The Labute approximate surface area is 139 Å². The Bertz CT molecular complexity index is 798. The third-order valence-corrected chi connectivity index (χ3v) is 3.43. The van der Waals surface area contributed by atoms with Crippen molar-refractivity contribution in [3.05, 3.63) is 60.5 Å². The largest absolute Gasteiger partial charge is 0.497 e. The van der Waals surface area contributed by atoms with Gasteiger partial charge in [0.15, 0.2) is 0 Å². The fraction of sp³-hybridized carbons (Fsp3) is 0.167. The van der Waals surface area contributed by atoms with Gasteiger partial charge in [-0.15, -0.1) is 10.2 Å². The Morgan fingerprint density at radius 1 is 1.08 bits per heavy atom. The van der Waals surface area contributed by atoms with Gasteiger partial charge in [0.2, 0.25) is 17.7 Å². The predicted octanol–water partition coefficient (Wildman–Crippen LogP) is 3.32. The van der Waals surface area contributed by atoms with Gasteiger partial charge in [0.05, 0.1) is 7.11 Å². The normalized spacial score (nSPS) is 10.4. The van der Waals surface area contributed by atoms with Crippen molar-refractivity contribution in [1.29, 1.82) is 0 Å². The lowest BCUT2D eigenvalue weighted by Crippen LogP contribution is -2.12. The minimum atomic E-state index is -0.111. The number of ether oxygens (including phenoxy) is 1.